The number of anilines is 2. The number of halogens is 2. The summed E-state index contributed by atoms with van der Waals surface area (Å²) < 4.78 is 23.6. The van der Waals surface area contributed by atoms with Gasteiger partial charge in [0, 0.05) is 49.0 Å². The summed E-state index contributed by atoms with van der Waals surface area (Å²) in [6.45, 7) is 5.54. The van der Waals surface area contributed by atoms with E-state index in [1.165, 1.54) is 36.4 Å². The van der Waals surface area contributed by atoms with E-state index in [4.69, 9.17) is 16.3 Å². The van der Waals surface area contributed by atoms with Gasteiger partial charge in [0.2, 0.25) is 10.6 Å². The molecule has 1 atom stereocenters. The molecule has 0 radical (unpaired) electrons. The van der Waals surface area contributed by atoms with Crippen molar-refractivity contribution in [3.8, 4) is 5.75 Å². The number of carboxylic acid groups (broad SMARTS) is 1. The van der Waals surface area contributed by atoms with Crippen LogP contribution in [0.5, 0.6) is 5.75 Å². The van der Waals surface area contributed by atoms with Crippen LogP contribution in [0.15, 0.2) is 45.7 Å². The number of aromatic nitrogens is 3. The molecule has 1 aliphatic rings. The quantitative estimate of drug-likeness (QED) is 0.198. The fourth-order valence-corrected chi connectivity index (χ4v) is 7.04. The third kappa shape index (κ3) is 5.68. The standard InChI is InChI=1S/C28H27ClFN5O5S2/c1-4-33-13-19(26(38)39)24(37)18-11-20(30)23(25(40-3)22(18)33)34-9-10-35(15(2)12-34)27-31-32-28(42-27)41-14-21(36)16-5-7-17(29)8-6-16/h5-8,11,13,15H,4,9-10,12,14H2,1-3H3,(H,38,39). The lowest BCUT2D eigenvalue weighted by atomic mass is 10.1. The third-order valence-corrected chi connectivity index (χ3v) is 9.44. The predicted molar refractivity (Wildman–Crippen MR) is 163 cm³/mol. The zero-order valence-electron chi connectivity index (χ0n) is 23.0. The number of hydrogen-bond acceptors (Lipinski definition) is 10. The van der Waals surface area contributed by atoms with Gasteiger partial charge in [-0.2, -0.15) is 0 Å². The number of carbonyl (C=O) groups excluding carboxylic acids is 1. The van der Waals surface area contributed by atoms with Gasteiger partial charge in [0.05, 0.1) is 23.8 Å². The molecular formula is C28H27ClFN5O5S2. The highest BCUT2D eigenvalue weighted by Crippen LogP contribution is 2.40. The first-order chi connectivity index (χ1) is 20.1. The van der Waals surface area contributed by atoms with Gasteiger partial charge in [-0.25, -0.2) is 9.18 Å². The maximum Gasteiger partial charge on any atom is 0.341 e. The van der Waals surface area contributed by atoms with Gasteiger partial charge >= 0.3 is 5.97 Å². The fourth-order valence-electron chi connectivity index (χ4n) is 5.05. The van der Waals surface area contributed by atoms with Crippen LogP contribution in [0.1, 0.15) is 34.6 Å². The number of carboxylic acids is 1. The van der Waals surface area contributed by atoms with Gasteiger partial charge in [-0.1, -0.05) is 34.7 Å². The summed E-state index contributed by atoms with van der Waals surface area (Å²) in [5.74, 6) is -1.67. The third-order valence-electron chi connectivity index (χ3n) is 7.10. The molecule has 2 aromatic heterocycles. The number of hydrogen-bond donors (Lipinski definition) is 1. The molecule has 10 nitrogen and oxygen atoms in total. The Bertz CT molecular complexity index is 1730. The molecule has 0 spiro atoms. The summed E-state index contributed by atoms with van der Waals surface area (Å²) in [5, 5.41) is 19.3. The van der Waals surface area contributed by atoms with E-state index in [-0.39, 0.29) is 34.4 Å². The van der Waals surface area contributed by atoms with Crippen LogP contribution >= 0.6 is 34.7 Å². The van der Waals surface area contributed by atoms with E-state index in [0.717, 1.165) is 6.07 Å². The molecule has 5 rings (SSSR count). The van der Waals surface area contributed by atoms with Crippen LogP contribution in [0.3, 0.4) is 0 Å². The van der Waals surface area contributed by atoms with Crippen molar-refractivity contribution in [2.24, 2.45) is 0 Å². The van der Waals surface area contributed by atoms with Crippen LogP contribution in [0.25, 0.3) is 10.9 Å². The first kappa shape index (κ1) is 29.8. The van der Waals surface area contributed by atoms with Gasteiger partial charge in [0.15, 0.2) is 21.7 Å². The first-order valence-electron chi connectivity index (χ1n) is 13.1. The highest BCUT2D eigenvalue weighted by atomic mass is 35.5. The Morgan fingerprint density at radius 3 is 2.62 bits per heavy atom. The lowest BCUT2D eigenvalue weighted by molar-refractivity contribution is 0.0694. The van der Waals surface area contributed by atoms with Gasteiger partial charge in [-0.3, -0.25) is 9.59 Å². The largest absolute Gasteiger partial charge is 0.492 e. The van der Waals surface area contributed by atoms with E-state index in [1.54, 1.807) is 35.8 Å². The Hall–Kier alpha value is -3.68. The van der Waals surface area contributed by atoms with Gasteiger partial charge in [-0.15, -0.1) is 10.2 Å². The number of piperazine rings is 1. The van der Waals surface area contributed by atoms with Crippen LogP contribution in [-0.4, -0.2) is 70.2 Å². The lowest BCUT2D eigenvalue weighted by Gasteiger charge is -2.41. The minimum Gasteiger partial charge on any atom is -0.492 e. The van der Waals surface area contributed by atoms with Crippen molar-refractivity contribution in [3.05, 3.63) is 68.7 Å². The summed E-state index contributed by atoms with van der Waals surface area (Å²) in [6.07, 6.45) is 1.27. The summed E-state index contributed by atoms with van der Waals surface area (Å²) in [5.41, 5.74) is -0.0412. The summed E-state index contributed by atoms with van der Waals surface area (Å²) in [7, 11) is 1.41. The predicted octanol–water partition coefficient (Wildman–Crippen LogP) is 5.06. The molecule has 0 saturated carbocycles. The van der Waals surface area contributed by atoms with Crippen LogP contribution in [0.4, 0.5) is 15.2 Å². The maximum atomic E-state index is 15.7. The molecule has 2 aromatic carbocycles. The average molecular weight is 632 g/mol. The Labute approximate surface area is 253 Å². The van der Waals surface area contributed by atoms with Crippen molar-refractivity contribution in [2.45, 2.75) is 30.8 Å². The van der Waals surface area contributed by atoms with E-state index in [0.29, 0.717) is 51.8 Å². The number of ketones is 1. The van der Waals surface area contributed by atoms with Crippen molar-refractivity contribution in [2.75, 3.05) is 42.3 Å². The summed E-state index contributed by atoms with van der Waals surface area (Å²) >= 11 is 8.62. The van der Waals surface area contributed by atoms with Crippen molar-refractivity contribution in [1.82, 2.24) is 14.8 Å². The summed E-state index contributed by atoms with van der Waals surface area (Å²) in [4.78, 5) is 41.0. The topological polar surface area (TPSA) is 118 Å². The molecule has 0 bridgehead atoms. The van der Waals surface area contributed by atoms with Crippen molar-refractivity contribution in [3.63, 3.8) is 0 Å². The number of methoxy groups -OCH3 is 1. The van der Waals surface area contributed by atoms with Gasteiger partial charge in [-0.05, 0) is 44.2 Å². The maximum absolute atomic E-state index is 15.7. The molecule has 42 heavy (non-hydrogen) atoms. The van der Waals surface area contributed by atoms with E-state index >= 15 is 4.39 Å². The van der Waals surface area contributed by atoms with Crippen LogP contribution in [0, 0.1) is 5.82 Å². The molecule has 1 saturated heterocycles. The number of pyridine rings is 1. The highest BCUT2D eigenvalue weighted by Gasteiger charge is 2.31. The van der Waals surface area contributed by atoms with Crippen LogP contribution in [0.2, 0.25) is 5.02 Å². The Morgan fingerprint density at radius 2 is 1.98 bits per heavy atom. The SMILES string of the molecule is CCn1cc(C(=O)O)c(=O)c2cc(F)c(N3CCN(c4nnc(SCC(=O)c5ccc(Cl)cc5)s4)C(C)C3)c(OC)c21. The molecule has 1 fully saturated rings. The van der Waals surface area contributed by atoms with E-state index in [1.807, 2.05) is 11.8 Å². The zero-order valence-corrected chi connectivity index (χ0v) is 25.4. The molecule has 1 unspecified atom stereocenters. The molecule has 1 aliphatic heterocycles. The highest BCUT2D eigenvalue weighted by molar-refractivity contribution is 8.01. The minimum absolute atomic E-state index is 0.0329. The molecule has 1 N–H and O–H groups in total. The number of ether oxygens (including phenoxy) is 1. The molecular weight excluding hydrogens is 605 g/mol. The number of thioether (sulfide) groups is 1. The number of benzene rings is 2. The number of fused-ring (bicyclic) bond motifs is 1. The number of carbonyl (C=O) groups is 2. The molecule has 0 amide bonds. The minimum atomic E-state index is -1.37. The van der Waals surface area contributed by atoms with E-state index in [9.17, 15) is 19.5 Å². The molecule has 3 heterocycles. The van der Waals surface area contributed by atoms with Gasteiger partial charge in [0.1, 0.15) is 11.3 Å². The Kier molecular flexibility index (Phi) is 8.71. The van der Waals surface area contributed by atoms with E-state index in [2.05, 4.69) is 15.1 Å². The van der Waals surface area contributed by atoms with Crippen molar-refractivity contribution in [1.29, 1.82) is 0 Å². The second kappa shape index (κ2) is 12.3. The second-order valence-corrected chi connectivity index (χ2v) is 12.3. The van der Waals surface area contributed by atoms with Crippen molar-refractivity contribution < 1.29 is 23.8 Å². The smallest absolute Gasteiger partial charge is 0.341 e. The monoisotopic (exact) mass is 631 g/mol. The second-order valence-electron chi connectivity index (χ2n) is 9.66. The lowest BCUT2D eigenvalue weighted by Crippen LogP contribution is -2.52. The Balaban J connectivity index is 1.35. The normalized spacial score (nSPS) is 15.3. The number of rotatable bonds is 9. The molecule has 220 valence electrons. The molecule has 0 aliphatic carbocycles. The van der Waals surface area contributed by atoms with Crippen LogP contribution in [-0.2, 0) is 6.54 Å². The zero-order chi connectivity index (χ0) is 30.1. The summed E-state index contributed by atoms with van der Waals surface area (Å²) in [6, 6.07) is 7.77. The number of Topliss-reactive ketones (excluding diaryl/α,β-unsaturated/α-hetero) is 1. The fraction of sp³-hybridized carbons (Fsp3) is 0.321. The Morgan fingerprint density at radius 1 is 1.24 bits per heavy atom. The van der Waals surface area contributed by atoms with Crippen molar-refractivity contribution >= 4 is 68.2 Å². The first-order valence-corrected chi connectivity index (χ1v) is 15.2. The number of aromatic carboxylic acids is 1. The van der Waals surface area contributed by atoms with E-state index < -0.39 is 22.8 Å². The molecule has 4 aromatic rings. The van der Waals surface area contributed by atoms with Gasteiger partial charge < -0.3 is 24.2 Å². The number of nitrogens with zero attached hydrogens (tertiary/aromatic N) is 5. The average Bonchev–Trinajstić information content (AvgIpc) is 3.44. The molecule has 14 heteroatoms. The van der Waals surface area contributed by atoms with Crippen LogP contribution < -0.4 is 20.0 Å². The number of aryl methyl sites for hydroxylation is 1. The van der Waals surface area contributed by atoms with Gasteiger partial charge in [0.25, 0.3) is 0 Å².